The molecule has 113 heavy (non-hydrogen) atoms. The lowest BCUT2D eigenvalue weighted by Crippen LogP contribution is -2.16. The molecule has 5 aromatic heterocycles. The first-order valence-corrected chi connectivity index (χ1v) is 39.5. The van der Waals surface area contributed by atoms with Gasteiger partial charge in [0.1, 0.15) is 11.2 Å². The van der Waals surface area contributed by atoms with Gasteiger partial charge in [0, 0.05) is 93.5 Å². The summed E-state index contributed by atoms with van der Waals surface area (Å²) in [6, 6.07) is 134. The maximum Gasteiger partial charge on any atom is 0.137 e. The minimum atomic E-state index is -0.139. The summed E-state index contributed by atoms with van der Waals surface area (Å²) in [6.45, 7) is 9.55. The largest absolute Gasteiger partial charge is 0.456 e. The molecule has 0 radical (unpaired) electrons. The molecule has 0 bridgehead atoms. The van der Waals surface area contributed by atoms with Crippen molar-refractivity contribution in [1.29, 1.82) is 0 Å². The second-order valence-electron chi connectivity index (χ2n) is 32.2. The number of nitrogens with zero attached hydrogens (tertiary/aromatic N) is 4. The summed E-state index contributed by atoms with van der Waals surface area (Å²) in [4.78, 5) is 0. The number of furan rings is 1. The molecular formula is C108H72N4O. The molecule has 2 aliphatic rings. The van der Waals surface area contributed by atoms with Gasteiger partial charge in [-0.3, -0.25) is 0 Å². The molecule has 0 amide bonds. The molecule has 25 rings (SSSR count). The van der Waals surface area contributed by atoms with Gasteiger partial charge in [-0.15, -0.1) is 0 Å². The Bertz CT molecular complexity index is 8010. The van der Waals surface area contributed by atoms with E-state index in [4.69, 9.17) is 4.42 Å². The Morgan fingerprint density at radius 3 is 0.991 bits per heavy atom. The summed E-state index contributed by atoms with van der Waals surface area (Å²) < 4.78 is 16.2. The normalized spacial score (nSPS) is 13.5. The van der Waals surface area contributed by atoms with Crippen LogP contribution in [0.5, 0.6) is 0 Å². The number of hydrogen-bond acceptors (Lipinski definition) is 1. The molecule has 5 heteroatoms. The third kappa shape index (κ3) is 9.04. The standard InChI is InChI=1S/C57H38N2.C51H34N2O/c1-57(2)51-22-12-10-20-44(51)46-28-29-47-50-33-36(25-31-54(50)59(56(47)55(46)57)37-14-4-3-5-15-37)35-24-30-53-49(32-35)45-21-11-13-23-52(45)58(53)38-26-27-43-41-18-7-6-16-39(41)40-17-8-9-19-42(40)48(43)34-38;1-51(2)43-17-9-6-14-35(43)39-24-25-40-42-29-32(21-27-46(42)53(50(40)49(39)51)33-12-4-3-5-13-33)31-20-26-45-41(28-31)36-15-7-10-18-44(36)52(45)34-22-23-38-37-16-8-11-19-47(37)54-48(38)30-34/h3-34H,1-2H3;3-30H,1-2H3. The summed E-state index contributed by atoms with van der Waals surface area (Å²) in [7, 11) is 0. The maximum atomic E-state index is 6.32. The smallest absolute Gasteiger partial charge is 0.137 e. The Labute approximate surface area is 651 Å². The fraction of sp³-hybridized carbons (Fsp3) is 0.0556. The van der Waals surface area contributed by atoms with E-state index in [2.05, 4.69) is 398 Å². The van der Waals surface area contributed by atoms with Crippen LogP contribution in [0.25, 0.3) is 209 Å². The van der Waals surface area contributed by atoms with Gasteiger partial charge < -0.3 is 22.7 Å². The van der Waals surface area contributed by atoms with E-state index >= 15 is 0 Å². The van der Waals surface area contributed by atoms with Crippen LogP contribution in [0, 0.1) is 0 Å². The molecule has 23 aromatic rings. The third-order valence-corrected chi connectivity index (χ3v) is 25.5. The minimum Gasteiger partial charge on any atom is -0.456 e. The number of para-hydroxylation sites is 5. The van der Waals surface area contributed by atoms with E-state index in [0.717, 1.165) is 27.6 Å². The Kier molecular flexibility index (Phi) is 13.3. The summed E-state index contributed by atoms with van der Waals surface area (Å²) in [5.74, 6) is 0. The van der Waals surface area contributed by atoms with Crippen molar-refractivity contribution < 1.29 is 4.42 Å². The second-order valence-corrected chi connectivity index (χ2v) is 32.2. The number of aromatic nitrogens is 4. The summed E-state index contributed by atoms with van der Waals surface area (Å²) >= 11 is 0. The summed E-state index contributed by atoms with van der Waals surface area (Å²) in [5.41, 5.74) is 31.8. The maximum absolute atomic E-state index is 6.32. The summed E-state index contributed by atoms with van der Waals surface area (Å²) in [5, 5.41) is 20.1. The van der Waals surface area contributed by atoms with Crippen LogP contribution in [-0.4, -0.2) is 18.3 Å². The lowest BCUT2D eigenvalue weighted by molar-refractivity contribution is 0.663. The molecule has 0 saturated heterocycles. The lowest BCUT2D eigenvalue weighted by Gasteiger charge is -2.23. The molecule has 0 unspecified atom stereocenters. The molecule has 5 nitrogen and oxygen atoms in total. The van der Waals surface area contributed by atoms with Gasteiger partial charge in [-0.05, 0) is 214 Å². The zero-order valence-corrected chi connectivity index (χ0v) is 62.8. The van der Waals surface area contributed by atoms with E-state index in [0.29, 0.717) is 0 Å². The Balaban J connectivity index is 0.000000131. The zero-order valence-electron chi connectivity index (χ0n) is 62.8. The number of rotatable bonds is 6. The van der Waals surface area contributed by atoms with Crippen molar-refractivity contribution in [2.75, 3.05) is 0 Å². The van der Waals surface area contributed by atoms with Gasteiger partial charge in [0.2, 0.25) is 0 Å². The van der Waals surface area contributed by atoms with Gasteiger partial charge in [-0.2, -0.15) is 0 Å². The van der Waals surface area contributed by atoms with Crippen LogP contribution in [0.1, 0.15) is 49.9 Å². The summed E-state index contributed by atoms with van der Waals surface area (Å²) in [6.07, 6.45) is 0. The molecule has 0 spiro atoms. The van der Waals surface area contributed by atoms with E-state index in [1.165, 1.54) is 203 Å². The first-order chi connectivity index (χ1) is 55.6. The predicted octanol–water partition coefficient (Wildman–Crippen LogP) is 29.1. The van der Waals surface area contributed by atoms with Crippen LogP contribution in [0.15, 0.2) is 368 Å². The average Bonchev–Trinajstić information content (AvgIpc) is 1.54. The highest BCUT2D eigenvalue weighted by Gasteiger charge is 2.40. The third-order valence-electron chi connectivity index (χ3n) is 25.5. The van der Waals surface area contributed by atoms with Gasteiger partial charge in [0.05, 0.1) is 44.1 Å². The van der Waals surface area contributed by atoms with Gasteiger partial charge in [-0.1, -0.05) is 270 Å². The highest BCUT2D eigenvalue weighted by atomic mass is 16.3. The van der Waals surface area contributed by atoms with E-state index in [9.17, 15) is 0 Å². The Hall–Kier alpha value is -14.3. The lowest BCUT2D eigenvalue weighted by atomic mass is 9.81. The Morgan fingerprint density at radius 2 is 0.522 bits per heavy atom. The van der Waals surface area contributed by atoms with Crippen LogP contribution >= 0.6 is 0 Å². The molecule has 0 fully saturated rings. The molecule has 0 N–H and O–H groups in total. The van der Waals surface area contributed by atoms with E-state index in [-0.39, 0.29) is 10.8 Å². The number of fused-ring (bicyclic) bond motifs is 29. The van der Waals surface area contributed by atoms with Crippen molar-refractivity contribution in [2.24, 2.45) is 0 Å². The van der Waals surface area contributed by atoms with Crippen molar-refractivity contribution >= 4 is 141 Å². The van der Waals surface area contributed by atoms with Crippen LogP contribution in [-0.2, 0) is 10.8 Å². The molecule has 5 heterocycles. The van der Waals surface area contributed by atoms with Crippen LogP contribution < -0.4 is 0 Å². The molecular weight excluding hydrogens is 1370 g/mol. The van der Waals surface area contributed by atoms with Gasteiger partial charge in [-0.25, -0.2) is 0 Å². The van der Waals surface area contributed by atoms with Gasteiger partial charge in [0.15, 0.2) is 0 Å². The van der Waals surface area contributed by atoms with Crippen molar-refractivity contribution in [3.8, 4) is 67.3 Å². The fourth-order valence-electron chi connectivity index (χ4n) is 20.5. The van der Waals surface area contributed by atoms with Crippen LogP contribution in [0.2, 0.25) is 0 Å². The quantitative estimate of drug-likeness (QED) is 0.153. The first-order valence-electron chi connectivity index (χ1n) is 39.5. The average molecular weight is 1440 g/mol. The number of hydrogen-bond donors (Lipinski definition) is 0. The van der Waals surface area contributed by atoms with Gasteiger partial charge >= 0.3 is 0 Å². The van der Waals surface area contributed by atoms with Crippen LogP contribution in [0.4, 0.5) is 0 Å². The van der Waals surface area contributed by atoms with Gasteiger partial charge in [0.25, 0.3) is 0 Å². The molecule has 2 aliphatic carbocycles. The topological polar surface area (TPSA) is 32.9 Å². The zero-order chi connectivity index (χ0) is 74.7. The fourth-order valence-corrected chi connectivity index (χ4v) is 20.5. The minimum absolute atomic E-state index is 0.136. The van der Waals surface area contributed by atoms with Crippen molar-refractivity contribution in [1.82, 2.24) is 18.3 Å². The molecule has 18 aromatic carbocycles. The Morgan fingerprint density at radius 1 is 0.195 bits per heavy atom. The van der Waals surface area contributed by atoms with E-state index in [1.807, 2.05) is 12.1 Å². The van der Waals surface area contributed by atoms with Crippen molar-refractivity contribution in [3.05, 3.63) is 386 Å². The van der Waals surface area contributed by atoms with Crippen molar-refractivity contribution in [2.45, 2.75) is 38.5 Å². The highest BCUT2D eigenvalue weighted by molar-refractivity contribution is 6.26. The highest BCUT2D eigenvalue weighted by Crippen LogP contribution is 2.56. The van der Waals surface area contributed by atoms with Crippen molar-refractivity contribution in [3.63, 3.8) is 0 Å². The number of benzene rings is 18. The monoisotopic (exact) mass is 1440 g/mol. The predicted molar refractivity (Wildman–Crippen MR) is 476 cm³/mol. The first kappa shape index (κ1) is 63.6. The molecule has 530 valence electrons. The van der Waals surface area contributed by atoms with E-state index < -0.39 is 0 Å². The molecule has 0 aliphatic heterocycles. The van der Waals surface area contributed by atoms with Crippen LogP contribution in [0.3, 0.4) is 0 Å². The SMILES string of the molecule is CC1(C)c2ccccc2-c2ccc3c4cc(-c5ccc6c(c5)c5ccccc5n6-c5ccc6c(c5)oc5ccccc56)ccc4n(-c4ccccc4)c3c21.CC1(C)c2ccccc2-c2ccc3c4cc(-c5ccc6c(c5)c5ccccc5n6-c5ccc6c7ccccc7c7ccccc7c6c5)ccc4n(-c4ccccc4)c3c21. The molecule has 0 atom stereocenters. The van der Waals surface area contributed by atoms with E-state index in [1.54, 1.807) is 0 Å². The second kappa shape index (κ2) is 23.6. The molecule has 0 saturated carbocycles.